The summed E-state index contributed by atoms with van der Waals surface area (Å²) in [6.07, 6.45) is 0. The zero-order chi connectivity index (χ0) is 15.6. The van der Waals surface area contributed by atoms with Crippen LogP contribution >= 0.6 is 0 Å². The average Bonchev–Trinajstić information content (AvgIpc) is 2.47. The maximum atomic E-state index is 12.1. The van der Waals surface area contributed by atoms with E-state index in [1.807, 2.05) is 4.90 Å². The first kappa shape index (κ1) is 15.7. The van der Waals surface area contributed by atoms with Crippen molar-refractivity contribution in [1.82, 2.24) is 9.62 Å². The van der Waals surface area contributed by atoms with E-state index in [9.17, 15) is 18.5 Å². The van der Waals surface area contributed by atoms with Gasteiger partial charge in [0, 0.05) is 46.3 Å². The Kier molecular flexibility index (Phi) is 4.45. The zero-order valence-electron chi connectivity index (χ0n) is 11.9. The molecule has 0 aliphatic carbocycles. The van der Waals surface area contributed by atoms with Crippen molar-refractivity contribution < 1.29 is 13.3 Å². The van der Waals surface area contributed by atoms with E-state index in [0.717, 1.165) is 23.5 Å². The number of piperazine rings is 1. The summed E-state index contributed by atoms with van der Waals surface area (Å²) in [5, 5.41) is 14.4. The minimum Gasteiger partial charge on any atom is -0.363 e. The number of rotatable bonds is 4. The molecule has 0 unspecified atom stereocenters. The van der Waals surface area contributed by atoms with Gasteiger partial charge in [0.1, 0.15) is 5.69 Å². The first-order chi connectivity index (χ1) is 9.84. The highest BCUT2D eigenvalue weighted by atomic mass is 32.2. The van der Waals surface area contributed by atoms with E-state index < -0.39 is 14.9 Å². The van der Waals surface area contributed by atoms with Crippen LogP contribution in [0.4, 0.5) is 11.4 Å². The Morgan fingerprint density at radius 3 is 2.43 bits per heavy atom. The molecule has 1 aliphatic heterocycles. The molecule has 0 atom stereocenters. The number of sulfonamides is 1. The lowest BCUT2D eigenvalue weighted by molar-refractivity contribution is -0.384. The van der Waals surface area contributed by atoms with Crippen molar-refractivity contribution in [3.63, 3.8) is 0 Å². The van der Waals surface area contributed by atoms with Crippen molar-refractivity contribution in [3.8, 4) is 0 Å². The van der Waals surface area contributed by atoms with Crippen LogP contribution in [-0.2, 0) is 10.0 Å². The van der Waals surface area contributed by atoms with E-state index in [1.54, 1.807) is 0 Å². The lowest BCUT2D eigenvalue weighted by Crippen LogP contribution is -2.43. The monoisotopic (exact) mass is 314 g/mol. The molecule has 0 amide bonds. The first-order valence-electron chi connectivity index (χ1n) is 6.50. The van der Waals surface area contributed by atoms with Gasteiger partial charge in [0.2, 0.25) is 10.0 Å². The molecule has 116 valence electrons. The summed E-state index contributed by atoms with van der Waals surface area (Å²) in [6.45, 7) is 2.80. The minimum absolute atomic E-state index is 0.0712. The second-order valence-electron chi connectivity index (χ2n) is 4.93. The van der Waals surface area contributed by atoms with Crippen LogP contribution in [0.1, 0.15) is 0 Å². The molecule has 1 aromatic rings. The van der Waals surface area contributed by atoms with Crippen LogP contribution in [0.15, 0.2) is 23.1 Å². The van der Waals surface area contributed by atoms with Gasteiger partial charge in [-0.3, -0.25) is 10.1 Å². The summed E-state index contributed by atoms with van der Waals surface area (Å²) in [7, 11) is -0.894. The SMILES string of the molecule is CN(C)S(=O)(=O)c1ccc(N2CCNCC2)c([N+](=O)[O-])c1. The molecule has 2 rings (SSSR count). The van der Waals surface area contributed by atoms with Crippen molar-refractivity contribution >= 4 is 21.4 Å². The number of nitro benzene ring substituents is 1. The number of benzene rings is 1. The van der Waals surface area contributed by atoms with E-state index >= 15 is 0 Å². The summed E-state index contributed by atoms with van der Waals surface area (Å²) in [4.78, 5) is 12.6. The summed E-state index contributed by atoms with van der Waals surface area (Å²) < 4.78 is 25.2. The number of nitrogens with zero attached hydrogens (tertiary/aromatic N) is 3. The third kappa shape index (κ3) is 3.14. The highest BCUT2D eigenvalue weighted by molar-refractivity contribution is 7.89. The van der Waals surface area contributed by atoms with Crippen molar-refractivity contribution in [3.05, 3.63) is 28.3 Å². The molecule has 9 heteroatoms. The fraction of sp³-hybridized carbons (Fsp3) is 0.500. The molecule has 0 bridgehead atoms. The molecule has 0 radical (unpaired) electrons. The van der Waals surface area contributed by atoms with Crippen molar-refractivity contribution in [2.45, 2.75) is 4.90 Å². The lowest BCUT2D eigenvalue weighted by Gasteiger charge is -2.29. The minimum atomic E-state index is -3.68. The van der Waals surface area contributed by atoms with Crippen molar-refractivity contribution in [2.24, 2.45) is 0 Å². The highest BCUT2D eigenvalue weighted by Crippen LogP contribution is 2.31. The molecule has 0 aromatic heterocycles. The Balaban J connectivity index is 2.47. The van der Waals surface area contributed by atoms with E-state index in [2.05, 4.69) is 5.32 Å². The molecule has 1 heterocycles. The van der Waals surface area contributed by atoms with E-state index in [0.29, 0.717) is 18.8 Å². The smallest absolute Gasteiger partial charge is 0.293 e. The summed E-state index contributed by atoms with van der Waals surface area (Å²) in [6, 6.07) is 4.06. The Labute approximate surface area is 123 Å². The molecule has 1 saturated heterocycles. The largest absolute Gasteiger partial charge is 0.363 e. The zero-order valence-corrected chi connectivity index (χ0v) is 12.8. The van der Waals surface area contributed by atoms with Crippen LogP contribution < -0.4 is 10.2 Å². The van der Waals surface area contributed by atoms with Crippen LogP contribution in [0.2, 0.25) is 0 Å². The van der Waals surface area contributed by atoms with Crippen LogP contribution in [0.3, 0.4) is 0 Å². The predicted octanol–water partition coefficient (Wildman–Crippen LogP) is 0.255. The van der Waals surface area contributed by atoms with Crippen molar-refractivity contribution in [2.75, 3.05) is 45.2 Å². The van der Waals surface area contributed by atoms with Gasteiger partial charge < -0.3 is 10.2 Å². The van der Waals surface area contributed by atoms with E-state index in [4.69, 9.17) is 0 Å². The first-order valence-corrected chi connectivity index (χ1v) is 7.94. The van der Waals surface area contributed by atoms with Gasteiger partial charge in [-0.25, -0.2) is 12.7 Å². The van der Waals surface area contributed by atoms with Gasteiger partial charge in [-0.1, -0.05) is 0 Å². The summed E-state index contributed by atoms with van der Waals surface area (Å²) >= 11 is 0. The van der Waals surface area contributed by atoms with E-state index in [-0.39, 0.29) is 10.6 Å². The van der Waals surface area contributed by atoms with Gasteiger partial charge >= 0.3 is 0 Å². The van der Waals surface area contributed by atoms with E-state index in [1.165, 1.54) is 26.2 Å². The average molecular weight is 314 g/mol. The number of nitrogens with one attached hydrogen (secondary N) is 1. The quantitative estimate of drug-likeness (QED) is 0.632. The predicted molar refractivity (Wildman–Crippen MR) is 79.1 cm³/mol. The second-order valence-corrected chi connectivity index (χ2v) is 7.08. The maximum Gasteiger partial charge on any atom is 0.293 e. The molecular weight excluding hydrogens is 296 g/mol. The molecule has 0 spiro atoms. The fourth-order valence-corrected chi connectivity index (χ4v) is 3.12. The van der Waals surface area contributed by atoms with Gasteiger partial charge in [-0.2, -0.15) is 0 Å². The molecule has 1 fully saturated rings. The van der Waals surface area contributed by atoms with Gasteiger partial charge in [0.25, 0.3) is 5.69 Å². The normalized spacial score (nSPS) is 16.2. The van der Waals surface area contributed by atoms with Gasteiger partial charge in [0.05, 0.1) is 9.82 Å². The third-order valence-corrected chi connectivity index (χ3v) is 5.19. The lowest BCUT2D eigenvalue weighted by atomic mass is 10.2. The highest BCUT2D eigenvalue weighted by Gasteiger charge is 2.26. The number of hydrogen-bond donors (Lipinski definition) is 1. The van der Waals surface area contributed by atoms with Crippen LogP contribution in [0.5, 0.6) is 0 Å². The standard InChI is InChI=1S/C12H18N4O4S/c1-14(2)21(19,20)10-3-4-11(12(9-10)16(17)18)15-7-5-13-6-8-15/h3-4,9,13H,5-8H2,1-2H3. The van der Waals surface area contributed by atoms with Gasteiger partial charge in [-0.05, 0) is 12.1 Å². The molecule has 0 saturated carbocycles. The molecular formula is C12H18N4O4S. The Hall–Kier alpha value is -1.71. The van der Waals surface area contributed by atoms with Crippen LogP contribution in [0, 0.1) is 10.1 Å². The second kappa shape index (κ2) is 5.96. The molecule has 1 N–H and O–H groups in total. The number of hydrogen-bond acceptors (Lipinski definition) is 6. The Morgan fingerprint density at radius 1 is 1.29 bits per heavy atom. The number of anilines is 1. The summed E-state index contributed by atoms with van der Waals surface area (Å²) in [5.41, 5.74) is 0.277. The Bertz CT molecular complexity index is 639. The Morgan fingerprint density at radius 2 is 1.90 bits per heavy atom. The molecule has 21 heavy (non-hydrogen) atoms. The topological polar surface area (TPSA) is 95.8 Å². The van der Waals surface area contributed by atoms with Gasteiger partial charge in [-0.15, -0.1) is 0 Å². The van der Waals surface area contributed by atoms with Crippen molar-refractivity contribution in [1.29, 1.82) is 0 Å². The maximum absolute atomic E-state index is 12.1. The van der Waals surface area contributed by atoms with Gasteiger partial charge in [0.15, 0.2) is 0 Å². The summed E-state index contributed by atoms with van der Waals surface area (Å²) in [5.74, 6) is 0. The fourth-order valence-electron chi connectivity index (χ4n) is 2.19. The molecule has 8 nitrogen and oxygen atoms in total. The van der Waals surface area contributed by atoms with Crippen LogP contribution in [0.25, 0.3) is 0 Å². The van der Waals surface area contributed by atoms with Crippen LogP contribution in [-0.4, -0.2) is 57.9 Å². The number of nitro groups is 1. The molecule has 1 aliphatic rings. The third-order valence-electron chi connectivity index (χ3n) is 3.38. The molecule has 1 aromatic carbocycles.